The summed E-state index contributed by atoms with van der Waals surface area (Å²) in [5.74, 6) is 0.451. The minimum Gasteiger partial charge on any atom is -0.492 e. The highest BCUT2D eigenvalue weighted by Crippen LogP contribution is 2.27. The fourth-order valence-corrected chi connectivity index (χ4v) is 4.00. The van der Waals surface area contributed by atoms with E-state index in [1.54, 1.807) is 24.3 Å². The van der Waals surface area contributed by atoms with Crippen LogP contribution in [0.5, 0.6) is 5.75 Å². The standard InChI is InChI=1S/C20H21ClN2O3S/c1-3-25-12-11-23-18-16(26-4-2)9-6-10-17(18)27-20(23)22-19(24)14-7-5-8-15(21)13-14/h5-10,13H,3-4,11-12H2,1-2H3. The molecular formula is C20H21ClN2O3S. The number of ether oxygens (including phenoxy) is 2. The number of amides is 1. The molecule has 5 nitrogen and oxygen atoms in total. The van der Waals surface area contributed by atoms with Gasteiger partial charge in [-0.3, -0.25) is 4.79 Å². The van der Waals surface area contributed by atoms with Gasteiger partial charge >= 0.3 is 0 Å². The number of halogens is 1. The lowest BCUT2D eigenvalue weighted by Crippen LogP contribution is -2.20. The maximum atomic E-state index is 12.6. The topological polar surface area (TPSA) is 52.8 Å². The van der Waals surface area contributed by atoms with Crippen LogP contribution in [0.1, 0.15) is 24.2 Å². The molecule has 0 bridgehead atoms. The number of aromatic nitrogens is 1. The molecule has 1 aromatic heterocycles. The minimum atomic E-state index is -0.327. The Bertz CT molecular complexity index is 1010. The van der Waals surface area contributed by atoms with Crippen LogP contribution in [-0.4, -0.2) is 30.3 Å². The van der Waals surface area contributed by atoms with Crippen LogP contribution < -0.4 is 9.54 Å². The zero-order chi connectivity index (χ0) is 19.2. The van der Waals surface area contributed by atoms with Crippen molar-refractivity contribution < 1.29 is 14.3 Å². The first kappa shape index (κ1) is 19.6. The van der Waals surface area contributed by atoms with Gasteiger partial charge in [0.25, 0.3) is 5.91 Å². The van der Waals surface area contributed by atoms with Crippen molar-refractivity contribution in [2.75, 3.05) is 19.8 Å². The molecule has 1 amide bonds. The zero-order valence-electron chi connectivity index (χ0n) is 15.3. The van der Waals surface area contributed by atoms with Crippen molar-refractivity contribution in [2.24, 2.45) is 4.99 Å². The second kappa shape index (κ2) is 9.17. The largest absolute Gasteiger partial charge is 0.492 e. The van der Waals surface area contributed by atoms with Gasteiger partial charge < -0.3 is 14.0 Å². The average Bonchev–Trinajstić information content (AvgIpc) is 3.00. The van der Waals surface area contributed by atoms with Crippen LogP contribution >= 0.6 is 22.9 Å². The maximum absolute atomic E-state index is 12.6. The van der Waals surface area contributed by atoms with E-state index in [0.717, 1.165) is 16.0 Å². The summed E-state index contributed by atoms with van der Waals surface area (Å²) in [4.78, 5) is 17.6. The molecule has 27 heavy (non-hydrogen) atoms. The van der Waals surface area contributed by atoms with E-state index in [1.165, 1.54) is 11.3 Å². The Morgan fingerprint density at radius 3 is 2.74 bits per heavy atom. The third-order valence-electron chi connectivity index (χ3n) is 3.90. The molecule has 0 radical (unpaired) electrons. The van der Waals surface area contributed by atoms with Crippen LogP contribution in [0.2, 0.25) is 5.02 Å². The minimum absolute atomic E-state index is 0.327. The highest BCUT2D eigenvalue weighted by molar-refractivity contribution is 7.16. The van der Waals surface area contributed by atoms with Gasteiger partial charge in [-0.15, -0.1) is 0 Å². The van der Waals surface area contributed by atoms with Crippen molar-refractivity contribution in [3.8, 4) is 5.75 Å². The molecule has 142 valence electrons. The Labute approximate surface area is 166 Å². The van der Waals surface area contributed by atoms with Crippen molar-refractivity contribution in [1.82, 2.24) is 4.57 Å². The van der Waals surface area contributed by atoms with Gasteiger partial charge in [0.05, 0.1) is 17.9 Å². The van der Waals surface area contributed by atoms with Crippen molar-refractivity contribution in [2.45, 2.75) is 20.4 Å². The number of fused-ring (bicyclic) bond motifs is 1. The molecule has 1 heterocycles. The number of nitrogens with zero attached hydrogens (tertiary/aromatic N) is 2. The van der Waals surface area contributed by atoms with Crippen LogP contribution in [0.4, 0.5) is 0 Å². The number of para-hydroxylation sites is 1. The highest BCUT2D eigenvalue weighted by Gasteiger charge is 2.13. The van der Waals surface area contributed by atoms with Gasteiger partial charge in [-0.25, -0.2) is 0 Å². The molecule has 0 aliphatic rings. The number of carbonyl (C=O) groups is 1. The number of rotatable bonds is 7. The van der Waals surface area contributed by atoms with E-state index in [2.05, 4.69) is 4.99 Å². The Kier molecular flexibility index (Phi) is 6.66. The fourth-order valence-electron chi connectivity index (χ4n) is 2.74. The van der Waals surface area contributed by atoms with E-state index in [4.69, 9.17) is 21.1 Å². The molecular weight excluding hydrogens is 384 g/mol. The number of carbonyl (C=O) groups excluding carboxylic acids is 1. The Morgan fingerprint density at radius 1 is 1.19 bits per heavy atom. The zero-order valence-corrected chi connectivity index (χ0v) is 16.8. The van der Waals surface area contributed by atoms with Gasteiger partial charge in [0.1, 0.15) is 11.3 Å². The highest BCUT2D eigenvalue weighted by atomic mass is 35.5. The normalized spacial score (nSPS) is 11.9. The summed E-state index contributed by atoms with van der Waals surface area (Å²) in [5.41, 5.74) is 1.39. The van der Waals surface area contributed by atoms with Gasteiger partial charge in [0, 0.05) is 23.7 Å². The Balaban J connectivity index is 2.11. The van der Waals surface area contributed by atoms with Gasteiger partial charge in [-0.05, 0) is 44.2 Å². The quantitative estimate of drug-likeness (QED) is 0.543. The summed E-state index contributed by atoms with van der Waals surface area (Å²) < 4.78 is 14.3. The first-order valence-corrected chi connectivity index (χ1v) is 10.0. The number of benzene rings is 2. The van der Waals surface area contributed by atoms with E-state index < -0.39 is 0 Å². The van der Waals surface area contributed by atoms with Crippen LogP contribution in [0, 0.1) is 0 Å². The molecule has 0 aliphatic heterocycles. The lowest BCUT2D eigenvalue weighted by Gasteiger charge is -2.09. The predicted molar refractivity (Wildman–Crippen MR) is 109 cm³/mol. The first-order valence-electron chi connectivity index (χ1n) is 8.81. The first-order chi connectivity index (χ1) is 13.1. The molecule has 2 aromatic carbocycles. The number of hydrogen-bond acceptors (Lipinski definition) is 4. The van der Waals surface area contributed by atoms with Crippen LogP contribution in [0.15, 0.2) is 47.5 Å². The van der Waals surface area contributed by atoms with E-state index in [0.29, 0.717) is 41.8 Å². The predicted octanol–water partition coefficient (Wildman–Crippen LogP) is 4.53. The molecule has 0 atom stereocenters. The van der Waals surface area contributed by atoms with E-state index in [9.17, 15) is 4.79 Å². The fraction of sp³-hybridized carbons (Fsp3) is 0.300. The molecule has 7 heteroatoms. The third kappa shape index (κ3) is 4.58. The van der Waals surface area contributed by atoms with Crippen LogP contribution in [0.3, 0.4) is 0 Å². The SMILES string of the molecule is CCOCCn1c(=NC(=O)c2cccc(Cl)c2)sc2cccc(OCC)c21. The summed E-state index contributed by atoms with van der Waals surface area (Å²) in [6.45, 7) is 6.21. The van der Waals surface area contributed by atoms with Gasteiger partial charge in [-0.2, -0.15) is 4.99 Å². The second-order valence-electron chi connectivity index (χ2n) is 5.70. The van der Waals surface area contributed by atoms with Gasteiger partial charge in [-0.1, -0.05) is 35.1 Å². The molecule has 0 fully saturated rings. The van der Waals surface area contributed by atoms with Crippen LogP contribution in [0.25, 0.3) is 10.2 Å². The van der Waals surface area contributed by atoms with Crippen LogP contribution in [-0.2, 0) is 11.3 Å². The van der Waals surface area contributed by atoms with E-state index in [1.807, 2.05) is 36.6 Å². The Morgan fingerprint density at radius 2 is 2.00 bits per heavy atom. The molecule has 0 spiro atoms. The summed E-state index contributed by atoms with van der Waals surface area (Å²) in [5, 5.41) is 0.509. The molecule has 3 rings (SSSR count). The van der Waals surface area contributed by atoms with E-state index >= 15 is 0 Å². The van der Waals surface area contributed by atoms with Crippen molar-refractivity contribution >= 4 is 39.1 Å². The summed E-state index contributed by atoms with van der Waals surface area (Å²) in [7, 11) is 0. The second-order valence-corrected chi connectivity index (χ2v) is 7.14. The Hall–Kier alpha value is -2.15. The number of hydrogen-bond donors (Lipinski definition) is 0. The van der Waals surface area contributed by atoms with E-state index in [-0.39, 0.29) is 5.91 Å². The summed E-state index contributed by atoms with van der Waals surface area (Å²) >= 11 is 7.45. The third-order valence-corrected chi connectivity index (χ3v) is 5.17. The lowest BCUT2D eigenvalue weighted by atomic mass is 10.2. The molecule has 0 saturated carbocycles. The molecule has 0 aliphatic carbocycles. The smallest absolute Gasteiger partial charge is 0.279 e. The van der Waals surface area contributed by atoms with Crippen molar-refractivity contribution in [3.05, 3.63) is 57.9 Å². The number of thiazole rings is 1. The summed E-state index contributed by atoms with van der Waals surface area (Å²) in [6, 6.07) is 12.7. The molecule has 0 unspecified atom stereocenters. The molecule has 0 N–H and O–H groups in total. The van der Waals surface area contributed by atoms with Gasteiger partial charge in [0.15, 0.2) is 4.80 Å². The molecule has 3 aromatic rings. The monoisotopic (exact) mass is 404 g/mol. The maximum Gasteiger partial charge on any atom is 0.279 e. The van der Waals surface area contributed by atoms with Crippen molar-refractivity contribution in [3.63, 3.8) is 0 Å². The molecule has 0 saturated heterocycles. The van der Waals surface area contributed by atoms with Crippen molar-refractivity contribution in [1.29, 1.82) is 0 Å². The summed E-state index contributed by atoms with van der Waals surface area (Å²) in [6.07, 6.45) is 0. The van der Waals surface area contributed by atoms with Gasteiger partial charge in [0.2, 0.25) is 0 Å². The average molecular weight is 405 g/mol. The lowest BCUT2D eigenvalue weighted by molar-refractivity contribution is 0.0996.